The number of hydrogen-bond donors (Lipinski definition) is 3. The molecular weight excluding hydrogens is 208 g/mol. The van der Waals surface area contributed by atoms with E-state index >= 15 is 0 Å². The second-order valence-electron chi connectivity index (χ2n) is 3.57. The fraction of sp³-hybridized carbons (Fsp3) is 0.400. The van der Waals surface area contributed by atoms with Crippen LogP contribution in [0.3, 0.4) is 0 Å². The minimum Gasteiger partial charge on any atom is -0.465 e. The number of nitrogens with one attached hydrogen (secondary N) is 2. The van der Waals surface area contributed by atoms with Crippen molar-refractivity contribution in [1.29, 1.82) is 0 Å². The fourth-order valence-electron chi connectivity index (χ4n) is 1.72. The molecule has 6 nitrogen and oxygen atoms in total. The maximum atomic E-state index is 10.5. The highest BCUT2D eigenvalue weighted by molar-refractivity contribution is 5.82. The van der Waals surface area contributed by atoms with Crippen molar-refractivity contribution in [1.82, 2.24) is 10.3 Å². The molecule has 0 saturated carbocycles. The highest BCUT2D eigenvalue weighted by atomic mass is 16.4. The van der Waals surface area contributed by atoms with Crippen LogP contribution in [0.25, 0.3) is 0 Å². The number of aromatic nitrogens is 1. The van der Waals surface area contributed by atoms with Gasteiger partial charge in [-0.3, -0.25) is 5.32 Å². The molecule has 2 rings (SSSR count). The summed E-state index contributed by atoms with van der Waals surface area (Å²) in [5.74, 6) is 0.364. The molecular formula is C10H14N4O2. The zero-order chi connectivity index (χ0) is 11.4. The van der Waals surface area contributed by atoms with Crippen LogP contribution < -0.4 is 15.5 Å². The van der Waals surface area contributed by atoms with Gasteiger partial charge in [0.15, 0.2) is 0 Å². The number of rotatable bonds is 2. The first kappa shape index (κ1) is 10.7. The number of amides is 1. The molecule has 86 valence electrons. The Morgan fingerprint density at radius 2 is 2.25 bits per heavy atom. The van der Waals surface area contributed by atoms with Crippen LogP contribution in [0.2, 0.25) is 0 Å². The Morgan fingerprint density at radius 1 is 1.50 bits per heavy atom. The lowest BCUT2D eigenvalue weighted by atomic mass is 10.3. The summed E-state index contributed by atoms with van der Waals surface area (Å²) in [4.78, 5) is 16.6. The molecule has 0 spiro atoms. The second-order valence-corrected chi connectivity index (χ2v) is 3.57. The van der Waals surface area contributed by atoms with Crippen LogP contribution in [-0.2, 0) is 0 Å². The normalized spacial score (nSPS) is 15.9. The van der Waals surface area contributed by atoms with Crippen molar-refractivity contribution in [3.8, 4) is 0 Å². The molecule has 2 heterocycles. The minimum atomic E-state index is -1.09. The highest BCUT2D eigenvalue weighted by Gasteiger charge is 2.11. The molecule has 0 unspecified atom stereocenters. The first-order chi connectivity index (χ1) is 7.75. The summed E-state index contributed by atoms with van der Waals surface area (Å²) >= 11 is 0. The van der Waals surface area contributed by atoms with Gasteiger partial charge in [-0.25, -0.2) is 9.78 Å². The number of nitrogens with zero attached hydrogens (tertiary/aromatic N) is 2. The van der Waals surface area contributed by atoms with Crippen molar-refractivity contribution in [3.63, 3.8) is 0 Å². The minimum absolute atomic E-state index is 0.364. The monoisotopic (exact) mass is 222 g/mol. The van der Waals surface area contributed by atoms with Gasteiger partial charge < -0.3 is 15.3 Å². The number of anilines is 2. The third-order valence-electron chi connectivity index (χ3n) is 2.46. The maximum Gasteiger partial charge on any atom is 0.410 e. The van der Waals surface area contributed by atoms with E-state index in [-0.39, 0.29) is 0 Å². The third-order valence-corrected chi connectivity index (χ3v) is 2.46. The predicted octanol–water partition coefficient (Wildman–Crippen LogP) is 0.581. The summed E-state index contributed by atoms with van der Waals surface area (Å²) in [5, 5.41) is 14.1. The lowest BCUT2D eigenvalue weighted by Gasteiger charge is -2.29. The molecule has 1 aliphatic heterocycles. The lowest BCUT2D eigenvalue weighted by molar-refractivity contribution is 0.209. The molecule has 0 radical (unpaired) electrons. The molecule has 0 aromatic carbocycles. The summed E-state index contributed by atoms with van der Waals surface area (Å²) in [6, 6.07) is 3.64. The smallest absolute Gasteiger partial charge is 0.410 e. The average molecular weight is 222 g/mol. The number of pyridine rings is 1. The maximum absolute atomic E-state index is 10.5. The van der Waals surface area contributed by atoms with E-state index in [9.17, 15) is 4.79 Å². The summed E-state index contributed by atoms with van der Waals surface area (Å²) in [6.07, 6.45) is 0.521. The van der Waals surface area contributed by atoms with Crippen molar-refractivity contribution in [2.75, 3.05) is 36.4 Å². The van der Waals surface area contributed by atoms with E-state index in [2.05, 4.69) is 20.5 Å². The Labute approximate surface area is 93.3 Å². The van der Waals surface area contributed by atoms with Gasteiger partial charge in [-0.15, -0.1) is 0 Å². The summed E-state index contributed by atoms with van der Waals surface area (Å²) in [6.45, 7) is 3.75. The standard InChI is InChI=1S/C10H14N4O2/c15-10(16)13-9-7-8(1-2-12-9)14-5-3-11-4-6-14/h1-2,7,11H,3-6H2,(H,12,13)(H,15,16). The summed E-state index contributed by atoms with van der Waals surface area (Å²) in [7, 11) is 0. The van der Waals surface area contributed by atoms with Crippen molar-refractivity contribution in [3.05, 3.63) is 18.3 Å². The van der Waals surface area contributed by atoms with Gasteiger partial charge >= 0.3 is 6.09 Å². The number of carboxylic acid groups (broad SMARTS) is 1. The average Bonchev–Trinajstić information content (AvgIpc) is 2.30. The first-order valence-electron chi connectivity index (χ1n) is 5.17. The molecule has 16 heavy (non-hydrogen) atoms. The van der Waals surface area contributed by atoms with Gasteiger partial charge in [-0.2, -0.15) is 0 Å². The van der Waals surface area contributed by atoms with Crippen molar-refractivity contribution >= 4 is 17.6 Å². The summed E-state index contributed by atoms with van der Waals surface area (Å²) < 4.78 is 0. The second kappa shape index (κ2) is 4.80. The molecule has 1 fully saturated rings. The SMILES string of the molecule is O=C(O)Nc1cc(N2CCNCC2)ccn1. The number of piperazine rings is 1. The highest BCUT2D eigenvalue weighted by Crippen LogP contribution is 2.17. The first-order valence-corrected chi connectivity index (χ1v) is 5.17. The molecule has 1 aromatic heterocycles. The van der Waals surface area contributed by atoms with Crippen LogP contribution in [0.5, 0.6) is 0 Å². The van der Waals surface area contributed by atoms with Crippen LogP contribution in [0, 0.1) is 0 Å². The Bertz CT molecular complexity index is 377. The molecule has 1 aromatic rings. The zero-order valence-electron chi connectivity index (χ0n) is 8.81. The predicted molar refractivity (Wildman–Crippen MR) is 61.0 cm³/mol. The molecule has 3 N–H and O–H groups in total. The Balaban J connectivity index is 2.11. The van der Waals surface area contributed by atoms with Crippen LogP contribution in [0.4, 0.5) is 16.3 Å². The molecule has 1 saturated heterocycles. The zero-order valence-corrected chi connectivity index (χ0v) is 8.81. The fourth-order valence-corrected chi connectivity index (χ4v) is 1.72. The van der Waals surface area contributed by atoms with Crippen LogP contribution in [0.15, 0.2) is 18.3 Å². The molecule has 0 aliphatic carbocycles. The molecule has 1 aliphatic rings. The van der Waals surface area contributed by atoms with Crippen molar-refractivity contribution in [2.24, 2.45) is 0 Å². The van der Waals surface area contributed by atoms with Gasteiger partial charge in [-0.1, -0.05) is 0 Å². The van der Waals surface area contributed by atoms with Crippen molar-refractivity contribution in [2.45, 2.75) is 0 Å². The molecule has 6 heteroatoms. The van der Waals surface area contributed by atoms with E-state index in [1.807, 2.05) is 6.07 Å². The van der Waals surface area contributed by atoms with E-state index in [0.717, 1.165) is 31.9 Å². The van der Waals surface area contributed by atoms with Gasteiger partial charge in [0.05, 0.1) is 0 Å². The number of carbonyl (C=O) groups is 1. The van der Waals surface area contributed by atoms with E-state index in [1.54, 1.807) is 12.3 Å². The largest absolute Gasteiger partial charge is 0.465 e. The van der Waals surface area contributed by atoms with E-state index in [4.69, 9.17) is 5.11 Å². The van der Waals surface area contributed by atoms with Gasteiger partial charge in [0.25, 0.3) is 0 Å². The van der Waals surface area contributed by atoms with Crippen molar-refractivity contribution < 1.29 is 9.90 Å². The van der Waals surface area contributed by atoms with E-state index in [1.165, 1.54) is 0 Å². The quantitative estimate of drug-likeness (QED) is 0.682. The van der Waals surface area contributed by atoms with Gasteiger partial charge in [0, 0.05) is 44.1 Å². The van der Waals surface area contributed by atoms with Gasteiger partial charge in [0.1, 0.15) is 5.82 Å². The molecule has 0 atom stereocenters. The lowest BCUT2D eigenvalue weighted by Crippen LogP contribution is -2.43. The van der Waals surface area contributed by atoms with Crippen LogP contribution >= 0.6 is 0 Å². The summed E-state index contributed by atoms with van der Waals surface area (Å²) in [5.41, 5.74) is 1.00. The van der Waals surface area contributed by atoms with Crippen LogP contribution in [-0.4, -0.2) is 42.4 Å². The van der Waals surface area contributed by atoms with Gasteiger partial charge in [0.2, 0.25) is 0 Å². The van der Waals surface area contributed by atoms with E-state index < -0.39 is 6.09 Å². The topological polar surface area (TPSA) is 77.5 Å². The molecule has 0 bridgehead atoms. The third kappa shape index (κ3) is 2.60. The Kier molecular flexibility index (Phi) is 3.21. The Hall–Kier alpha value is -1.82. The number of hydrogen-bond acceptors (Lipinski definition) is 4. The Morgan fingerprint density at radius 3 is 2.94 bits per heavy atom. The van der Waals surface area contributed by atoms with Crippen LogP contribution in [0.1, 0.15) is 0 Å². The van der Waals surface area contributed by atoms with E-state index in [0.29, 0.717) is 5.82 Å². The van der Waals surface area contributed by atoms with Gasteiger partial charge in [-0.05, 0) is 6.07 Å². The molecule has 1 amide bonds.